The highest BCUT2D eigenvalue weighted by atomic mass is 16.5. The maximum atomic E-state index is 11.6. The third-order valence-corrected chi connectivity index (χ3v) is 3.93. The van der Waals surface area contributed by atoms with Gasteiger partial charge in [-0.15, -0.1) is 0 Å². The van der Waals surface area contributed by atoms with Crippen molar-refractivity contribution >= 4 is 18.6 Å². The molecule has 0 saturated carbocycles. The molecule has 0 radical (unpaired) electrons. The summed E-state index contributed by atoms with van der Waals surface area (Å²) in [5.74, 6) is -0.0948. The van der Waals surface area contributed by atoms with Crippen molar-refractivity contribution in [3.63, 3.8) is 0 Å². The molecule has 1 aliphatic heterocycles. The van der Waals surface area contributed by atoms with Crippen LogP contribution in [0.15, 0.2) is 30.5 Å². The summed E-state index contributed by atoms with van der Waals surface area (Å²) < 4.78 is 4.76. The molecule has 0 amide bonds. The Morgan fingerprint density at radius 1 is 1.48 bits per heavy atom. The van der Waals surface area contributed by atoms with Gasteiger partial charge in [-0.05, 0) is 56.4 Å². The van der Waals surface area contributed by atoms with Crippen molar-refractivity contribution in [3.8, 4) is 0 Å². The molecule has 0 aliphatic carbocycles. The Hall–Kier alpha value is -1.66. The number of hydrogen-bond donors (Lipinski definition) is 1. The molecule has 0 unspecified atom stereocenters. The molecule has 2 rings (SSSR count). The Balaban J connectivity index is 2.18. The standard InChI is InChI=1S/C15H21BN2O3/c1-16(20)18-9-6-12(7-10-18)13(11-15(19)21-2)14-5-3-4-8-17-14/h3-5,8,11-12,20H,6-7,9-10H2,1-2H3/b13-11-. The molecule has 112 valence electrons. The van der Waals surface area contributed by atoms with Crippen molar-refractivity contribution in [2.45, 2.75) is 19.7 Å². The molecular formula is C15H21BN2O3. The van der Waals surface area contributed by atoms with Gasteiger partial charge in [-0.25, -0.2) is 4.79 Å². The second kappa shape index (κ2) is 7.38. The zero-order valence-electron chi connectivity index (χ0n) is 12.5. The summed E-state index contributed by atoms with van der Waals surface area (Å²) in [5, 5.41) is 9.63. The van der Waals surface area contributed by atoms with Gasteiger partial charge in [-0.2, -0.15) is 0 Å². The number of carbonyl (C=O) groups is 1. The van der Waals surface area contributed by atoms with Gasteiger partial charge in [0, 0.05) is 12.3 Å². The van der Waals surface area contributed by atoms with Gasteiger partial charge in [0.05, 0.1) is 12.8 Å². The summed E-state index contributed by atoms with van der Waals surface area (Å²) in [4.78, 5) is 18.0. The highest BCUT2D eigenvalue weighted by molar-refractivity contribution is 6.45. The first-order valence-electron chi connectivity index (χ1n) is 7.25. The van der Waals surface area contributed by atoms with E-state index in [2.05, 4.69) is 4.98 Å². The van der Waals surface area contributed by atoms with Crippen LogP contribution in [0.1, 0.15) is 18.5 Å². The van der Waals surface area contributed by atoms with Crippen LogP contribution in [0.25, 0.3) is 5.57 Å². The monoisotopic (exact) mass is 288 g/mol. The molecule has 1 N–H and O–H groups in total. The van der Waals surface area contributed by atoms with Crippen molar-refractivity contribution < 1.29 is 14.6 Å². The first-order chi connectivity index (χ1) is 10.1. The summed E-state index contributed by atoms with van der Waals surface area (Å²) in [6.07, 6.45) is 5.06. The van der Waals surface area contributed by atoms with E-state index in [1.54, 1.807) is 19.1 Å². The lowest BCUT2D eigenvalue weighted by atomic mass is 9.78. The first-order valence-corrected chi connectivity index (χ1v) is 7.25. The van der Waals surface area contributed by atoms with Crippen LogP contribution in [0.5, 0.6) is 0 Å². The lowest BCUT2D eigenvalue weighted by Gasteiger charge is -2.33. The molecule has 0 bridgehead atoms. The second-order valence-electron chi connectivity index (χ2n) is 5.28. The van der Waals surface area contributed by atoms with Crippen molar-refractivity contribution in [2.75, 3.05) is 20.2 Å². The number of carbonyl (C=O) groups excluding carboxylic acids is 1. The molecule has 1 aromatic heterocycles. The average molecular weight is 288 g/mol. The number of allylic oxidation sites excluding steroid dienone is 1. The second-order valence-corrected chi connectivity index (χ2v) is 5.28. The van der Waals surface area contributed by atoms with E-state index < -0.39 is 7.05 Å². The number of ether oxygens (including phenoxy) is 1. The van der Waals surface area contributed by atoms with E-state index in [9.17, 15) is 9.82 Å². The van der Waals surface area contributed by atoms with Gasteiger partial charge in [0.15, 0.2) is 0 Å². The van der Waals surface area contributed by atoms with Crippen LogP contribution in [-0.2, 0) is 9.53 Å². The zero-order chi connectivity index (χ0) is 15.2. The van der Waals surface area contributed by atoms with Crippen LogP contribution in [0.3, 0.4) is 0 Å². The van der Waals surface area contributed by atoms with Gasteiger partial charge in [0.25, 0.3) is 0 Å². The van der Waals surface area contributed by atoms with Crippen LogP contribution in [0.2, 0.25) is 6.82 Å². The molecule has 1 aliphatic rings. The van der Waals surface area contributed by atoms with E-state index in [1.165, 1.54) is 7.11 Å². The lowest BCUT2D eigenvalue weighted by molar-refractivity contribution is -0.134. The zero-order valence-corrected chi connectivity index (χ0v) is 12.5. The minimum absolute atomic E-state index is 0.258. The summed E-state index contributed by atoms with van der Waals surface area (Å²) in [5.41, 5.74) is 1.74. The Bertz CT molecular complexity index is 497. The third-order valence-electron chi connectivity index (χ3n) is 3.93. The predicted molar refractivity (Wildman–Crippen MR) is 82.4 cm³/mol. The Morgan fingerprint density at radius 2 is 2.19 bits per heavy atom. The fraction of sp³-hybridized carbons (Fsp3) is 0.467. The smallest absolute Gasteiger partial charge is 0.376 e. The van der Waals surface area contributed by atoms with Crippen molar-refractivity contribution in [1.82, 2.24) is 9.79 Å². The molecular weight excluding hydrogens is 267 g/mol. The van der Waals surface area contributed by atoms with Crippen molar-refractivity contribution in [1.29, 1.82) is 0 Å². The molecule has 0 atom stereocenters. The van der Waals surface area contributed by atoms with Gasteiger partial charge >= 0.3 is 13.0 Å². The molecule has 5 nitrogen and oxygen atoms in total. The molecule has 0 aromatic carbocycles. The maximum Gasteiger partial charge on any atom is 0.376 e. The molecule has 21 heavy (non-hydrogen) atoms. The quantitative estimate of drug-likeness (QED) is 0.516. The molecule has 6 heteroatoms. The topological polar surface area (TPSA) is 62.7 Å². The minimum Gasteiger partial charge on any atom is -0.466 e. The first kappa shape index (κ1) is 15.7. The Kier molecular flexibility index (Phi) is 5.53. The molecule has 2 heterocycles. The summed E-state index contributed by atoms with van der Waals surface area (Å²) in [6.45, 7) is 3.41. The predicted octanol–water partition coefficient (Wildman–Crippen LogP) is 1.46. The van der Waals surface area contributed by atoms with E-state index in [0.717, 1.165) is 37.2 Å². The highest BCUT2D eigenvalue weighted by Gasteiger charge is 2.27. The summed E-state index contributed by atoms with van der Waals surface area (Å²) in [7, 11) is 0.958. The highest BCUT2D eigenvalue weighted by Crippen LogP contribution is 2.31. The van der Waals surface area contributed by atoms with Gasteiger partial charge < -0.3 is 14.6 Å². The van der Waals surface area contributed by atoms with Crippen molar-refractivity contribution in [3.05, 3.63) is 36.2 Å². The fourth-order valence-electron chi connectivity index (χ4n) is 2.70. The van der Waals surface area contributed by atoms with Crippen LogP contribution >= 0.6 is 0 Å². The van der Waals surface area contributed by atoms with E-state index in [4.69, 9.17) is 4.74 Å². The number of rotatable bonds is 4. The summed E-state index contributed by atoms with van der Waals surface area (Å²) in [6, 6.07) is 5.68. The SMILES string of the molecule is COC(=O)/C=C(\c1ccccn1)C1CCN(B(C)O)CC1. The number of nitrogens with zero attached hydrogens (tertiary/aromatic N) is 2. The maximum absolute atomic E-state index is 11.6. The average Bonchev–Trinajstić information content (AvgIpc) is 2.53. The molecule has 1 saturated heterocycles. The fourth-order valence-corrected chi connectivity index (χ4v) is 2.70. The van der Waals surface area contributed by atoms with Gasteiger partial charge in [-0.3, -0.25) is 4.98 Å². The van der Waals surface area contributed by atoms with Gasteiger partial charge in [-0.1, -0.05) is 6.07 Å². The summed E-state index contributed by atoms with van der Waals surface area (Å²) >= 11 is 0. The Labute approximate surface area is 125 Å². The lowest BCUT2D eigenvalue weighted by Crippen LogP contribution is -2.43. The van der Waals surface area contributed by atoms with E-state index >= 15 is 0 Å². The number of pyridine rings is 1. The third kappa shape index (κ3) is 4.15. The largest absolute Gasteiger partial charge is 0.466 e. The van der Waals surface area contributed by atoms with E-state index in [-0.39, 0.29) is 11.9 Å². The van der Waals surface area contributed by atoms with Crippen LogP contribution in [0, 0.1) is 5.92 Å². The Morgan fingerprint density at radius 3 is 2.71 bits per heavy atom. The number of esters is 1. The van der Waals surface area contributed by atoms with Crippen molar-refractivity contribution in [2.24, 2.45) is 5.92 Å². The number of hydrogen-bond acceptors (Lipinski definition) is 5. The number of aromatic nitrogens is 1. The molecule has 1 fully saturated rings. The van der Waals surface area contributed by atoms with E-state index in [1.807, 2.05) is 23.0 Å². The normalized spacial score (nSPS) is 17.6. The molecule has 1 aromatic rings. The van der Waals surface area contributed by atoms with Gasteiger partial charge in [0.2, 0.25) is 0 Å². The van der Waals surface area contributed by atoms with Crippen LogP contribution < -0.4 is 0 Å². The molecule has 0 spiro atoms. The van der Waals surface area contributed by atoms with Crippen LogP contribution in [-0.4, -0.2) is 48.0 Å². The minimum atomic E-state index is -0.422. The van der Waals surface area contributed by atoms with E-state index in [0.29, 0.717) is 0 Å². The number of piperidine rings is 1. The number of methoxy groups -OCH3 is 1. The van der Waals surface area contributed by atoms with Gasteiger partial charge in [0.1, 0.15) is 0 Å². The van der Waals surface area contributed by atoms with Crippen LogP contribution in [0.4, 0.5) is 0 Å².